The van der Waals surface area contributed by atoms with Crippen LogP contribution in [0.2, 0.25) is 0 Å². The van der Waals surface area contributed by atoms with Gasteiger partial charge in [-0.1, -0.05) is 0 Å². The molecule has 0 N–H and O–H groups in total. The molecule has 3 nitrogen and oxygen atoms in total. The number of hydrogen-bond donors (Lipinski definition) is 0. The van der Waals surface area contributed by atoms with Gasteiger partial charge in [0.2, 0.25) is 0 Å². The fraction of sp³-hybridized carbons (Fsp3) is 0.933. The molecule has 0 unspecified atom stereocenters. The summed E-state index contributed by atoms with van der Waals surface area (Å²) in [6.07, 6.45) is 5.10. The fourth-order valence-electron chi connectivity index (χ4n) is 2.66. The second kappa shape index (κ2) is 6.04. The van der Waals surface area contributed by atoms with Crippen LogP contribution >= 0.6 is 0 Å². The molecule has 0 radical (unpaired) electrons. The minimum Gasteiger partial charge on any atom is -0.301 e. The molecule has 3 heteroatoms. The molecule has 1 saturated heterocycles. The maximum absolute atomic E-state index is 8.99. The predicted molar refractivity (Wildman–Crippen MR) is 74.2 cm³/mol. The molecule has 102 valence electrons. The Morgan fingerprint density at radius 1 is 1.11 bits per heavy atom. The normalized spacial score (nSPS) is 22.9. The molecule has 1 heterocycles. The molecule has 18 heavy (non-hydrogen) atoms. The van der Waals surface area contributed by atoms with E-state index < -0.39 is 0 Å². The van der Waals surface area contributed by atoms with Crippen LogP contribution in [-0.2, 0) is 0 Å². The summed E-state index contributed by atoms with van der Waals surface area (Å²) in [6.45, 7) is 11.5. The first kappa shape index (κ1) is 13.8. The highest BCUT2D eigenvalue weighted by atomic mass is 15.3. The van der Waals surface area contributed by atoms with Gasteiger partial charge in [0.1, 0.15) is 0 Å². The average Bonchev–Trinajstić information content (AvgIpc) is 3.15. The first-order valence-corrected chi connectivity index (χ1v) is 7.45. The largest absolute Gasteiger partial charge is 0.301 e. The summed E-state index contributed by atoms with van der Waals surface area (Å²) >= 11 is 0. The van der Waals surface area contributed by atoms with Gasteiger partial charge >= 0.3 is 0 Å². The van der Waals surface area contributed by atoms with Gasteiger partial charge in [0.05, 0.1) is 11.5 Å². The second-order valence-corrected chi connectivity index (χ2v) is 6.68. The molecule has 0 aromatic rings. The Bertz CT molecular complexity index is 293. The van der Waals surface area contributed by atoms with Gasteiger partial charge in [0.25, 0.3) is 0 Å². The van der Waals surface area contributed by atoms with Crippen molar-refractivity contribution in [2.45, 2.75) is 39.5 Å². The molecule has 0 atom stereocenters. The maximum Gasteiger partial charge on any atom is 0.0683 e. The molecular weight excluding hydrogens is 222 g/mol. The summed E-state index contributed by atoms with van der Waals surface area (Å²) in [5.74, 6) is 1.02. The summed E-state index contributed by atoms with van der Waals surface area (Å²) in [6, 6.07) is 2.39. The van der Waals surface area contributed by atoms with Crippen LogP contribution < -0.4 is 0 Å². The highest BCUT2D eigenvalue weighted by Crippen LogP contribution is 2.30. The Morgan fingerprint density at radius 2 is 1.72 bits per heavy atom. The first-order valence-electron chi connectivity index (χ1n) is 7.45. The lowest BCUT2D eigenvalue weighted by molar-refractivity contribution is 0.125. The maximum atomic E-state index is 8.99. The smallest absolute Gasteiger partial charge is 0.0683 e. The van der Waals surface area contributed by atoms with Crippen LogP contribution in [0.15, 0.2) is 0 Å². The molecule has 0 aromatic heterocycles. The number of nitriles is 1. The molecule has 2 fully saturated rings. The molecule has 0 spiro atoms. The summed E-state index contributed by atoms with van der Waals surface area (Å²) in [5, 5.41) is 8.99. The summed E-state index contributed by atoms with van der Waals surface area (Å²) in [7, 11) is 0. The van der Waals surface area contributed by atoms with Crippen LogP contribution in [0.5, 0.6) is 0 Å². The van der Waals surface area contributed by atoms with Gasteiger partial charge in [-0.2, -0.15) is 5.26 Å². The lowest BCUT2D eigenvalue weighted by Crippen LogP contribution is -2.47. The Morgan fingerprint density at radius 3 is 2.28 bits per heavy atom. The topological polar surface area (TPSA) is 30.3 Å². The van der Waals surface area contributed by atoms with Crippen LogP contribution in [0.25, 0.3) is 0 Å². The van der Waals surface area contributed by atoms with Crippen LogP contribution in [0.4, 0.5) is 0 Å². The Kier molecular flexibility index (Phi) is 4.64. The Hall–Kier alpha value is -0.590. The lowest BCUT2D eigenvalue weighted by Gasteiger charge is -2.35. The van der Waals surface area contributed by atoms with Crippen molar-refractivity contribution in [1.82, 2.24) is 9.80 Å². The molecule has 2 aliphatic rings. The molecule has 0 amide bonds. The van der Waals surface area contributed by atoms with Gasteiger partial charge in [-0.3, -0.25) is 0 Å². The van der Waals surface area contributed by atoms with Crippen LogP contribution in [0, 0.1) is 22.7 Å². The quantitative estimate of drug-likeness (QED) is 0.724. The van der Waals surface area contributed by atoms with E-state index in [0.29, 0.717) is 0 Å². The fourth-order valence-corrected chi connectivity index (χ4v) is 2.66. The minimum atomic E-state index is -0.145. The van der Waals surface area contributed by atoms with Gasteiger partial charge in [0.15, 0.2) is 0 Å². The van der Waals surface area contributed by atoms with Gasteiger partial charge < -0.3 is 9.80 Å². The van der Waals surface area contributed by atoms with Crippen molar-refractivity contribution in [3.8, 4) is 6.07 Å². The van der Waals surface area contributed by atoms with E-state index in [2.05, 4.69) is 15.9 Å². The average molecular weight is 249 g/mol. The van der Waals surface area contributed by atoms with Gasteiger partial charge in [-0.25, -0.2) is 0 Å². The van der Waals surface area contributed by atoms with Crippen molar-refractivity contribution in [3.05, 3.63) is 0 Å². The highest BCUT2D eigenvalue weighted by Gasteiger charge is 2.26. The number of piperazine rings is 1. The van der Waals surface area contributed by atoms with Crippen molar-refractivity contribution in [3.63, 3.8) is 0 Å². The Balaban J connectivity index is 1.57. The molecule has 1 saturated carbocycles. The molecule has 1 aliphatic heterocycles. The van der Waals surface area contributed by atoms with Gasteiger partial charge in [-0.15, -0.1) is 0 Å². The van der Waals surface area contributed by atoms with E-state index in [1.165, 1.54) is 52.1 Å². The number of nitrogens with zero attached hydrogens (tertiary/aromatic N) is 3. The third kappa shape index (κ3) is 4.59. The van der Waals surface area contributed by atoms with E-state index in [4.69, 9.17) is 5.26 Å². The van der Waals surface area contributed by atoms with Crippen molar-refractivity contribution >= 4 is 0 Å². The number of rotatable bonds is 6. The monoisotopic (exact) mass is 249 g/mol. The van der Waals surface area contributed by atoms with Crippen LogP contribution in [0.3, 0.4) is 0 Å². The van der Waals surface area contributed by atoms with Crippen molar-refractivity contribution in [1.29, 1.82) is 5.26 Å². The zero-order chi connectivity index (χ0) is 13.0. The van der Waals surface area contributed by atoms with E-state index in [1.54, 1.807) is 0 Å². The van der Waals surface area contributed by atoms with E-state index in [9.17, 15) is 0 Å². The molecule has 0 aromatic carbocycles. The van der Waals surface area contributed by atoms with Crippen LogP contribution in [-0.4, -0.2) is 49.1 Å². The predicted octanol–water partition coefficient (Wildman–Crippen LogP) is 2.34. The standard InChI is InChI=1S/C15H27N3/c1-15(2,13-16)6-3-7-17-8-10-18(11-9-17)12-14-4-5-14/h14H,3-12H2,1-2H3. The Labute approximate surface area is 112 Å². The van der Waals surface area contributed by atoms with Gasteiger partial charge in [-0.05, 0) is 52.0 Å². The minimum absolute atomic E-state index is 0.145. The van der Waals surface area contributed by atoms with Crippen LogP contribution in [0.1, 0.15) is 39.5 Å². The van der Waals surface area contributed by atoms with Gasteiger partial charge in [0, 0.05) is 32.7 Å². The lowest BCUT2D eigenvalue weighted by atomic mass is 9.90. The zero-order valence-corrected chi connectivity index (χ0v) is 12.0. The van der Waals surface area contributed by atoms with E-state index >= 15 is 0 Å². The molecule has 1 aliphatic carbocycles. The SMILES string of the molecule is CC(C)(C#N)CCCN1CCN(CC2CC2)CC1. The van der Waals surface area contributed by atoms with E-state index in [0.717, 1.165) is 18.8 Å². The van der Waals surface area contributed by atoms with Crippen molar-refractivity contribution in [2.75, 3.05) is 39.3 Å². The van der Waals surface area contributed by atoms with Crippen molar-refractivity contribution < 1.29 is 0 Å². The summed E-state index contributed by atoms with van der Waals surface area (Å²) in [5.41, 5.74) is -0.145. The zero-order valence-electron chi connectivity index (χ0n) is 12.0. The second-order valence-electron chi connectivity index (χ2n) is 6.68. The molecule has 0 bridgehead atoms. The third-order valence-corrected chi connectivity index (χ3v) is 4.26. The third-order valence-electron chi connectivity index (χ3n) is 4.26. The number of hydrogen-bond acceptors (Lipinski definition) is 3. The first-order chi connectivity index (χ1) is 8.59. The summed E-state index contributed by atoms with van der Waals surface area (Å²) < 4.78 is 0. The van der Waals surface area contributed by atoms with Crippen molar-refractivity contribution in [2.24, 2.45) is 11.3 Å². The molecular formula is C15H27N3. The molecule has 2 rings (SSSR count). The van der Waals surface area contributed by atoms with E-state index in [1.807, 2.05) is 13.8 Å². The van der Waals surface area contributed by atoms with E-state index in [-0.39, 0.29) is 5.41 Å². The highest BCUT2D eigenvalue weighted by molar-refractivity contribution is 4.91. The summed E-state index contributed by atoms with van der Waals surface area (Å²) in [4.78, 5) is 5.20.